The zero-order valence-corrected chi connectivity index (χ0v) is 36.2. The van der Waals surface area contributed by atoms with Crippen LogP contribution in [0.15, 0.2) is 91.0 Å². The van der Waals surface area contributed by atoms with Crippen molar-refractivity contribution in [1.82, 2.24) is 9.88 Å². The van der Waals surface area contributed by atoms with Crippen molar-refractivity contribution in [3.8, 4) is 5.75 Å². The standard InChI is InChI=1S/C26H36N4O.C8H10O.C8H10.C2H2F3OP.C2H6/c1-21-9-6-7-13-24(21)29-18-15-28(16-19-29)17-20-30(25-14-8-10-22(2)27-25)26(31)23-11-4-3-5-12-23;1-7-3-5-8(9-2)6-4-7;1-7-3-5-8(2)6-4-7;1-7(6)2(3,4)5;1-2/h6-10,13-14,23H,3-5,11-12,15-20H2,1-2H3;3-6H,1-2H3;3-6H,1-2H3;1H2;1-2H3. The number of rotatable bonds is 7. The van der Waals surface area contributed by atoms with Crippen molar-refractivity contribution in [1.29, 1.82) is 0 Å². The van der Waals surface area contributed by atoms with E-state index in [1.807, 2.05) is 68.1 Å². The molecular formula is C46H64F3N4O3P. The number of benzene rings is 3. The number of para-hydroxylation sites is 1. The highest BCUT2D eigenvalue weighted by Crippen LogP contribution is 2.35. The van der Waals surface area contributed by atoms with E-state index in [2.05, 4.69) is 92.3 Å². The van der Waals surface area contributed by atoms with E-state index in [1.165, 1.54) is 47.2 Å². The average Bonchev–Trinajstić information content (AvgIpc) is 3.21. The minimum absolute atomic E-state index is 0.161. The Morgan fingerprint density at radius 1 is 0.807 bits per heavy atom. The number of pyridine rings is 1. The molecule has 1 unspecified atom stereocenters. The molecule has 7 nitrogen and oxygen atoms in total. The highest BCUT2D eigenvalue weighted by atomic mass is 31.1. The van der Waals surface area contributed by atoms with Crippen LogP contribution in [-0.4, -0.2) is 74.4 Å². The monoisotopic (exact) mass is 808 g/mol. The van der Waals surface area contributed by atoms with Crippen LogP contribution in [0.1, 0.15) is 73.9 Å². The highest BCUT2D eigenvalue weighted by molar-refractivity contribution is 7.49. The van der Waals surface area contributed by atoms with Gasteiger partial charge in [0.2, 0.25) is 5.91 Å². The van der Waals surface area contributed by atoms with Crippen molar-refractivity contribution in [3.05, 3.63) is 119 Å². The molecule has 312 valence electrons. The van der Waals surface area contributed by atoms with Crippen LogP contribution in [0.5, 0.6) is 5.75 Å². The summed E-state index contributed by atoms with van der Waals surface area (Å²) in [7, 11) is -1.57. The third kappa shape index (κ3) is 18.3. The summed E-state index contributed by atoms with van der Waals surface area (Å²) in [5, 5.41) is 0. The fourth-order valence-corrected chi connectivity index (χ4v) is 6.27. The van der Waals surface area contributed by atoms with Gasteiger partial charge in [0.1, 0.15) is 11.6 Å². The van der Waals surface area contributed by atoms with Gasteiger partial charge in [-0.2, -0.15) is 0 Å². The molecule has 2 heterocycles. The SMILES string of the molecule is C=[P+]([O-])C(F)(F)F.CC.COc1ccc(C)cc1.Cc1ccc(C)cc1.Cc1cccc(N(CCN2CCN(c3ccccc3C)CC2)C(=O)C2CCCCC2)n1. The lowest BCUT2D eigenvalue weighted by Crippen LogP contribution is -2.50. The summed E-state index contributed by atoms with van der Waals surface area (Å²) in [5.41, 5.74) is 7.57. The lowest BCUT2D eigenvalue weighted by atomic mass is 9.88. The maximum absolute atomic E-state index is 13.4. The van der Waals surface area contributed by atoms with E-state index >= 15 is 0 Å². The maximum atomic E-state index is 13.4. The smallest absolute Gasteiger partial charge is 0.559 e. The number of carbonyl (C=O) groups is 1. The minimum atomic E-state index is -4.60. The van der Waals surface area contributed by atoms with Crippen LogP contribution >= 0.6 is 7.77 Å². The molecular weight excluding hydrogens is 744 g/mol. The normalized spacial score (nSPS) is 14.5. The van der Waals surface area contributed by atoms with E-state index in [0.29, 0.717) is 0 Å². The Kier molecular flexibility index (Phi) is 22.2. The molecule has 1 aliphatic carbocycles. The summed E-state index contributed by atoms with van der Waals surface area (Å²) in [5.74, 6) is -2.44. The number of alkyl halides is 3. The first-order valence-corrected chi connectivity index (χ1v) is 21.4. The van der Waals surface area contributed by atoms with E-state index < -0.39 is 13.7 Å². The second-order valence-electron chi connectivity index (χ2n) is 14.1. The van der Waals surface area contributed by atoms with Crippen LogP contribution in [0, 0.1) is 40.5 Å². The first-order valence-electron chi connectivity index (χ1n) is 19.9. The fourth-order valence-electron chi connectivity index (χ4n) is 6.27. The molecule has 2 fully saturated rings. The summed E-state index contributed by atoms with van der Waals surface area (Å²) in [6, 6.07) is 31.1. The van der Waals surface area contributed by atoms with Crippen LogP contribution in [0.4, 0.5) is 24.7 Å². The van der Waals surface area contributed by atoms with Crippen molar-refractivity contribution >= 4 is 31.5 Å². The van der Waals surface area contributed by atoms with Crippen LogP contribution in [-0.2, 0) is 4.79 Å². The molecule has 0 N–H and O–H groups in total. The van der Waals surface area contributed by atoms with Gasteiger partial charge in [0, 0.05) is 56.6 Å². The summed E-state index contributed by atoms with van der Waals surface area (Å²) in [6.45, 7) is 20.2. The number of aryl methyl sites for hydroxylation is 5. The largest absolute Gasteiger partial charge is 0.624 e. The summed E-state index contributed by atoms with van der Waals surface area (Å²) < 4.78 is 37.5. The number of anilines is 2. The summed E-state index contributed by atoms with van der Waals surface area (Å²) in [6.07, 6.45) is 7.95. The molecule has 1 aliphatic heterocycles. The lowest BCUT2D eigenvalue weighted by Gasteiger charge is -2.38. The lowest BCUT2D eigenvalue weighted by molar-refractivity contribution is -0.187. The Hall–Kier alpha value is -4.24. The van der Waals surface area contributed by atoms with Crippen molar-refractivity contribution in [2.75, 3.05) is 56.2 Å². The number of carbonyl (C=O) groups excluding carboxylic acids is 1. The minimum Gasteiger partial charge on any atom is -0.624 e. The molecule has 6 rings (SSSR count). The van der Waals surface area contributed by atoms with E-state index in [0.717, 1.165) is 69.4 Å². The Morgan fingerprint density at radius 2 is 1.32 bits per heavy atom. The van der Waals surface area contributed by atoms with Crippen molar-refractivity contribution < 1.29 is 27.6 Å². The Labute approximate surface area is 341 Å². The first kappa shape index (κ1) is 48.9. The number of amides is 1. The molecule has 57 heavy (non-hydrogen) atoms. The van der Waals surface area contributed by atoms with Gasteiger partial charge in [-0.3, -0.25) is 14.6 Å². The molecule has 4 aromatic rings. The number of hydrogen-bond acceptors (Lipinski definition) is 6. The van der Waals surface area contributed by atoms with Crippen molar-refractivity contribution in [2.24, 2.45) is 5.92 Å². The van der Waals surface area contributed by atoms with E-state index in [4.69, 9.17) is 9.72 Å². The van der Waals surface area contributed by atoms with Gasteiger partial charge in [-0.1, -0.05) is 110 Å². The van der Waals surface area contributed by atoms with Gasteiger partial charge in [-0.05, 0) is 83.4 Å². The molecule has 11 heteroatoms. The zero-order valence-electron chi connectivity index (χ0n) is 35.3. The first-order chi connectivity index (χ1) is 27.2. The van der Waals surface area contributed by atoms with Gasteiger partial charge in [0.25, 0.3) is 0 Å². The van der Waals surface area contributed by atoms with Gasteiger partial charge in [0.15, 0.2) is 7.77 Å². The van der Waals surface area contributed by atoms with Gasteiger partial charge >= 0.3 is 5.92 Å². The Morgan fingerprint density at radius 3 is 1.79 bits per heavy atom. The predicted molar refractivity (Wildman–Crippen MR) is 233 cm³/mol. The molecule has 1 amide bonds. The van der Waals surface area contributed by atoms with Crippen molar-refractivity contribution in [2.45, 2.75) is 86.5 Å². The van der Waals surface area contributed by atoms with Gasteiger partial charge < -0.3 is 14.5 Å². The molecule has 3 aromatic carbocycles. The topological polar surface area (TPSA) is 72.0 Å². The van der Waals surface area contributed by atoms with Crippen molar-refractivity contribution in [3.63, 3.8) is 0 Å². The maximum Gasteiger partial charge on any atom is 0.559 e. The number of halogens is 3. The van der Waals surface area contributed by atoms with E-state index in [-0.39, 0.29) is 11.8 Å². The van der Waals surface area contributed by atoms with E-state index in [1.54, 1.807) is 7.11 Å². The predicted octanol–water partition coefficient (Wildman–Crippen LogP) is 10.5. The second-order valence-corrected chi connectivity index (χ2v) is 15.4. The summed E-state index contributed by atoms with van der Waals surface area (Å²) >= 11 is 0. The van der Waals surface area contributed by atoms with Crippen LogP contribution in [0.25, 0.3) is 0 Å². The average molecular weight is 809 g/mol. The number of nitrogens with zero attached hydrogens (tertiary/aromatic N) is 4. The van der Waals surface area contributed by atoms with Gasteiger partial charge in [-0.25, -0.2) is 4.98 Å². The molecule has 0 radical (unpaired) electrons. The number of piperazine rings is 1. The highest BCUT2D eigenvalue weighted by Gasteiger charge is 2.37. The molecule has 2 aliphatic rings. The second kappa shape index (κ2) is 25.9. The Balaban J connectivity index is 0.000000347. The van der Waals surface area contributed by atoms with Crippen LogP contribution in [0.2, 0.25) is 0 Å². The van der Waals surface area contributed by atoms with Crippen LogP contribution < -0.4 is 19.4 Å². The third-order valence-electron chi connectivity index (χ3n) is 9.60. The van der Waals surface area contributed by atoms with Gasteiger partial charge in [-0.15, -0.1) is 13.2 Å². The number of hydrogen-bond donors (Lipinski definition) is 0. The zero-order chi connectivity index (χ0) is 42.4. The molecule has 0 bridgehead atoms. The third-order valence-corrected chi connectivity index (χ3v) is 10.2. The number of ether oxygens (including phenoxy) is 1. The molecule has 0 spiro atoms. The quantitative estimate of drug-likeness (QED) is 0.173. The molecule has 1 saturated heterocycles. The van der Waals surface area contributed by atoms with Crippen LogP contribution in [0.3, 0.4) is 0 Å². The van der Waals surface area contributed by atoms with Gasteiger partial charge in [0.05, 0.1) is 13.4 Å². The fraction of sp³-hybridized carbons (Fsp3) is 0.457. The number of methoxy groups -OCH3 is 1. The Bertz CT molecular complexity index is 1720. The summed E-state index contributed by atoms with van der Waals surface area (Å²) in [4.78, 5) is 34.4. The van der Waals surface area contributed by atoms with E-state index in [9.17, 15) is 22.9 Å². The number of aromatic nitrogens is 1. The molecule has 1 saturated carbocycles. The molecule has 1 atom stereocenters. The molecule has 1 aromatic heterocycles.